The third-order valence-electron chi connectivity index (χ3n) is 9.06. The number of carbonyl (C=O) groups is 2. The van der Waals surface area contributed by atoms with E-state index in [0.717, 1.165) is 64.9 Å². The molecule has 0 atom stereocenters. The van der Waals surface area contributed by atoms with E-state index in [1.807, 2.05) is 30.3 Å². The fourth-order valence-corrected chi connectivity index (χ4v) is 7.64. The molecular formula is C32H32N4O2. The zero-order valence-corrected chi connectivity index (χ0v) is 21.4. The molecule has 2 aromatic heterocycles. The van der Waals surface area contributed by atoms with Crippen LogP contribution < -0.4 is 10.6 Å². The maximum atomic E-state index is 13.3. The van der Waals surface area contributed by atoms with Crippen molar-refractivity contribution in [3.63, 3.8) is 0 Å². The molecule has 6 nitrogen and oxygen atoms in total. The lowest BCUT2D eigenvalue weighted by Gasteiger charge is -2.56. The second kappa shape index (κ2) is 9.12. The van der Waals surface area contributed by atoms with Crippen molar-refractivity contribution in [3.8, 4) is 11.3 Å². The van der Waals surface area contributed by atoms with Gasteiger partial charge in [0.2, 0.25) is 0 Å². The highest BCUT2D eigenvalue weighted by atomic mass is 16.2. The van der Waals surface area contributed by atoms with E-state index < -0.39 is 0 Å². The molecule has 4 aliphatic rings. The van der Waals surface area contributed by atoms with Gasteiger partial charge in [-0.05, 0) is 104 Å². The van der Waals surface area contributed by atoms with E-state index in [2.05, 4.69) is 38.8 Å². The van der Waals surface area contributed by atoms with E-state index in [4.69, 9.17) is 0 Å². The summed E-state index contributed by atoms with van der Waals surface area (Å²) in [6.45, 7) is 0.422. The Morgan fingerprint density at radius 3 is 2.26 bits per heavy atom. The highest BCUT2D eigenvalue weighted by Crippen LogP contribution is 2.60. The number of Topliss-reactive ketones (excluding diaryl/α,β-unsaturated/α-hetero) is 1. The Balaban J connectivity index is 1.01. The number of fused-ring (bicyclic) bond motifs is 1. The molecule has 4 aliphatic carbocycles. The number of hydrogen-bond donors (Lipinski definition) is 3. The van der Waals surface area contributed by atoms with Gasteiger partial charge >= 0.3 is 0 Å². The number of hydrogen-bond acceptors (Lipinski definition) is 4. The first-order valence-electron chi connectivity index (χ1n) is 13.8. The summed E-state index contributed by atoms with van der Waals surface area (Å²) in [5.74, 6) is 2.54. The number of aromatic nitrogens is 2. The van der Waals surface area contributed by atoms with Crippen LogP contribution in [0.5, 0.6) is 0 Å². The van der Waals surface area contributed by atoms with E-state index in [9.17, 15) is 9.59 Å². The van der Waals surface area contributed by atoms with Crippen molar-refractivity contribution in [2.24, 2.45) is 23.2 Å². The van der Waals surface area contributed by atoms with E-state index in [-0.39, 0.29) is 11.3 Å². The third kappa shape index (κ3) is 4.28. The number of nitrogens with one attached hydrogen (secondary N) is 3. The summed E-state index contributed by atoms with van der Waals surface area (Å²) in [4.78, 5) is 33.4. The van der Waals surface area contributed by atoms with Gasteiger partial charge in [0.15, 0.2) is 5.78 Å². The van der Waals surface area contributed by atoms with Gasteiger partial charge in [0.25, 0.3) is 5.91 Å². The second-order valence-electron chi connectivity index (χ2n) is 11.7. The Morgan fingerprint density at radius 1 is 0.868 bits per heavy atom. The first kappa shape index (κ1) is 23.2. The average molecular weight is 505 g/mol. The van der Waals surface area contributed by atoms with Crippen LogP contribution in [0.4, 0.5) is 11.4 Å². The molecule has 0 saturated heterocycles. The lowest BCUT2D eigenvalue weighted by Crippen LogP contribution is -2.51. The number of H-pyrrole nitrogens is 1. The predicted octanol–water partition coefficient (Wildman–Crippen LogP) is 6.68. The van der Waals surface area contributed by atoms with Crippen molar-refractivity contribution in [1.82, 2.24) is 9.97 Å². The van der Waals surface area contributed by atoms with Crippen LogP contribution in [0.1, 0.15) is 49.0 Å². The number of anilines is 2. The van der Waals surface area contributed by atoms with Gasteiger partial charge < -0.3 is 15.6 Å². The zero-order valence-electron chi connectivity index (χ0n) is 21.4. The lowest BCUT2D eigenvalue weighted by molar-refractivity contribution is -0.141. The highest BCUT2D eigenvalue weighted by molar-refractivity contribution is 6.04. The Labute approximate surface area is 222 Å². The Hall–Kier alpha value is -3.93. The maximum Gasteiger partial charge on any atom is 0.274 e. The third-order valence-corrected chi connectivity index (χ3v) is 9.06. The average Bonchev–Trinajstić information content (AvgIpc) is 3.35. The van der Waals surface area contributed by atoms with E-state index in [1.54, 1.807) is 24.4 Å². The van der Waals surface area contributed by atoms with Crippen LogP contribution >= 0.6 is 0 Å². The van der Waals surface area contributed by atoms with Gasteiger partial charge in [-0.1, -0.05) is 24.3 Å². The molecule has 6 heteroatoms. The van der Waals surface area contributed by atoms with E-state index in [1.165, 1.54) is 19.3 Å². The standard InChI is InChI=1S/C32H32N4O2/c37-30(32-16-20-11-21(17-32)13-22(12-20)18-32)19-34-25-7-4-23(5-8-25)28-14-24-6-9-26(15-29(24)36-28)35-31(38)27-3-1-2-10-33-27/h1-10,14-15,20-22,34,36H,11-13,16-19H2,(H,35,38). The summed E-state index contributed by atoms with van der Waals surface area (Å²) in [6.07, 6.45) is 9.04. The van der Waals surface area contributed by atoms with Crippen LogP contribution in [0.25, 0.3) is 22.2 Å². The van der Waals surface area contributed by atoms with Gasteiger partial charge in [-0.2, -0.15) is 0 Å². The minimum atomic E-state index is -0.235. The lowest BCUT2D eigenvalue weighted by atomic mass is 9.48. The minimum Gasteiger partial charge on any atom is -0.378 e. The number of ketones is 1. The number of aromatic amines is 1. The molecule has 3 N–H and O–H groups in total. The largest absolute Gasteiger partial charge is 0.378 e. The van der Waals surface area contributed by atoms with Crippen molar-refractivity contribution in [1.29, 1.82) is 0 Å². The first-order valence-corrected chi connectivity index (χ1v) is 13.8. The van der Waals surface area contributed by atoms with Crippen LogP contribution in [0.15, 0.2) is 72.9 Å². The fourth-order valence-electron chi connectivity index (χ4n) is 7.64. The van der Waals surface area contributed by atoms with Crippen molar-refractivity contribution in [2.45, 2.75) is 38.5 Å². The quantitative estimate of drug-likeness (QED) is 0.262. The molecule has 0 unspecified atom stereocenters. The maximum absolute atomic E-state index is 13.3. The van der Waals surface area contributed by atoms with Crippen LogP contribution in [0.2, 0.25) is 0 Å². The molecule has 4 fully saturated rings. The number of pyridine rings is 1. The summed E-state index contributed by atoms with van der Waals surface area (Å²) in [5, 5.41) is 7.39. The van der Waals surface area contributed by atoms with Crippen LogP contribution in [-0.2, 0) is 4.79 Å². The van der Waals surface area contributed by atoms with Gasteiger partial charge in [-0.25, -0.2) is 0 Å². The second-order valence-corrected chi connectivity index (χ2v) is 11.7. The number of carbonyl (C=O) groups excluding carboxylic acids is 2. The van der Waals surface area contributed by atoms with Crippen molar-refractivity contribution >= 4 is 34.0 Å². The predicted molar refractivity (Wildman–Crippen MR) is 150 cm³/mol. The summed E-state index contributed by atoms with van der Waals surface area (Å²) >= 11 is 0. The van der Waals surface area contributed by atoms with Gasteiger partial charge in [-0.15, -0.1) is 0 Å². The summed E-state index contributed by atoms with van der Waals surface area (Å²) in [5.41, 5.74) is 5.03. The first-order chi connectivity index (χ1) is 18.5. The van der Waals surface area contributed by atoms with Gasteiger partial charge in [0.1, 0.15) is 5.69 Å². The molecule has 0 aliphatic heterocycles. The number of rotatable bonds is 7. The molecule has 1 amide bonds. The van der Waals surface area contributed by atoms with Crippen molar-refractivity contribution < 1.29 is 9.59 Å². The number of nitrogens with zero attached hydrogens (tertiary/aromatic N) is 1. The topological polar surface area (TPSA) is 86.9 Å². The van der Waals surface area contributed by atoms with Crippen LogP contribution in [-0.4, -0.2) is 28.2 Å². The molecule has 0 radical (unpaired) electrons. The molecule has 192 valence electrons. The zero-order chi connectivity index (χ0) is 25.7. The van der Waals surface area contributed by atoms with Crippen molar-refractivity contribution in [3.05, 3.63) is 78.6 Å². The Kier molecular flexibility index (Phi) is 5.57. The molecule has 0 spiro atoms. The summed E-state index contributed by atoms with van der Waals surface area (Å²) in [7, 11) is 0. The normalized spacial score (nSPS) is 25.4. The van der Waals surface area contributed by atoms with Crippen LogP contribution in [0, 0.1) is 23.2 Å². The smallest absolute Gasteiger partial charge is 0.274 e. The van der Waals surface area contributed by atoms with Gasteiger partial charge in [-0.3, -0.25) is 14.6 Å². The van der Waals surface area contributed by atoms with E-state index in [0.29, 0.717) is 23.7 Å². The highest BCUT2D eigenvalue weighted by Gasteiger charge is 2.54. The minimum absolute atomic E-state index is 0.0536. The molecule has 8 rings (SSSR count). The van der Waals surface area contributed by atoms with E-state index >= 15 is 0 Å². The van der Waals surface area contributed by atoms with Crippen LogP contribution in [0.3, 0.4) is 0 Å². The Bertz CT molecular complexity index is 1470. The number of amides is 1. The van der Waals surface area contributed by atoms with Gasteiger partial charge in [0.05, 0.1) is 6.54 Å². The summed E-state index contributed by atoms with van der Waals surface area (Å²) in [6, 6.07) is 21.5. The molecule has 2 aromatic carbocycles. The SMILES string of the molecule is O=C(Nc1ccc2cc(-c3ccc(NCC(=O)C45CC6CC(CC(C6)C4)C5)cc3)[nH]c2c1)c1ccccn1. The molecule has 4 saturated carbocycles. The molecular weight excluding hydrogens is 472 g/mol. The molecule has 2 heterocycles. The molecule has 38 heavy (non-hydrogen) atoms. The Morgan fingerprint density at radius 2 is 1.58 bits per heavy atom. The number of benzene rings is 2. The van der Waals surface area contributed by atoms with Gasteiger partial charge in [0, 0.05) is 39.6 Å². The summed E-state index contributed by atoms with van der Waals surface area (Å²) < 4.78 is 0. The molecule has 4 bridgehead atoms. The molecule has 4 aromatic rings. The fraction of sp³-hybridized carbons (Fsp3) is 0.344. The monoisotopic (exact) mass is 504 g/mol. The van der Waals surface area contributed by atoms with Crippen molar-refractivity contribution in [2.75, 3.05) is 17.2 Å².